The smallest absolute Gasteiger partial charge is 0.268 e. The van der Waals surface area contributed by atoms with E-state index in [4.69, 9.17) is 27.3 Å². The van der Waals surface area contributed by atoms with Crippen molar-refractivity contribution in [3.63, 3.8) is 0 Å². The topological polar surface area (TPSA) is 186 Å². The van der Waals surface area contributed by atoms with Crippen molar-refractivity contribution in [2.75, 3.05) is 55.6 Å². The number of aromatic nitrogens is 2. The number of anilines is 2. The highest BCUT2D eigenvalue weighted by molar-refractivity contribution is 6.31. The molecule has 1 aromatic heterocycles. The van der Waals surface area contributed by atoms with Gasteiger partial charge >= 0.3 is 0 Å². The normalized spacial score (nSPS) is 23.3. The number of amides is 5. The Kier molecular flexibility index (Phi) is 11.0. The van der Waals surface area contributed by atoms with Gasteiger partial charge in [0.15, 0.2) is 0 Å². The van der Waals surface area contributed by atoms with Gasteiger partial charge in [-0.3, -0.25) is 38.7 Å². The summed E-state index contributed by atoms with van der Waals surface area (Å²) in [6, 6.07) is 7.84. The van der Waals surface area contributed by atoms with Crippen molar-refractivity contribution in [1.29, 1.82) is 5.26 Å². The predicted octanol–water partition coefficient (Wildman–Crippen LogP) is 3.78. The number of nitriles is 1. The van der Waals surface area contributed by atoms with Crippen LogP contribution in [0.1, 0.15) is 88.1 Å². The highest BCUT2D eigenvalue weighted by Crippen LogP contribution is 2.36. The number of nitrogens with two attached hydrogens (primary N) is 1. The molecule has 2 aromatic carbocycles. The van der Waals surface area contributed by atoms with E-state index in [9.17, 15) is 24.0 Å². The molecule has 15 nitrogen and oxygen atoms in total. The van der Waals surface area contributed by atoms with Gasteiger partial charge in [0, 0.05) is 64.3 Å². The Hall–Kier alpha value is -5.66. The van der Waals surface area contributed by atoms with E-state index in [-0.39, 0.29) is 47.4 Å². The zero-order valence-electron chi connectivity index (χ0n) is 31.8. The summed E-state index contributed by atoms with van der Waals surface area (Å²) >= 11 is 6.16. The highest BCUT2D eigenvalue weighted by atomic mass is 35.5. The third-order valence-electron chi connectivity index (χ3n) is 12.2. The van der Waals surface area contributed by atoms with Crippen LogP contribution < -0.4 is 20.3 Å². The minimum absolute atomic E-state index is 0.00597. The van der Waals surface area contributed by atoms with Gasteiger partial charge < -0.3 is 20.3 Å². The van der Waals surface area contributed by atoms with Gasteiger partial charge in [0.05, 0.1) is 45.9 Å². The molecule has 3 saturated heterocycles. The van der Waals surface area contributed by atoms with Crippen LogP contribution in [0.3, 0.4) is 0 Å². The lowest BCUT2D eigenvalue weighted by Crippen LogP contribution is -2.59. The van der Waals surface area contributed by atoms with Gasteiger partial charge in [-0.05, 0) is 75.1 Å². The van der Waals surface area contributed by atoms with E-state index in [0.717, 1.165) is 43.4 Å². The van der Waals surface area contributed by atoms with E-state index >= 15 is 4.39 Å². The van der Waals surface area contributed by atoms with Crippen LogP contribution in [0, 0.1) is 23.1 Å². The van der Waals surface area contributed by atoms with Gasteiger partial charge in [0.1, 0.15) is 35.2 Å². The van der Waals surface area contributed by atoms with Crippen molar-refractivity contribution in [1.82, 2.24) is 24.7 Å². The number of hydrogen-bond donors (Lipinski definition) is 1. The van der Waals surface area contributed by atoms with Crippen LogP contribution in [-0.4, -0.2) is 118 Å². The third-order valence-corrected chi connectivity index (χ3v) is 12.5. The number of benzene rings is 2. The molecule has 2 N–H and O–H groups in total. The molecule has 5 amide bonds. The Morgan fingerprint density at radius 1 is 0.862 bits per heavy atom. The minimum atomic E-state index is -1.17. The first-order valence-corrected chi connectivity index (χ1v) is 20.1. The summed E-state index contributed by atoms with van der Waals surface area (Å²) in [6.45, 7) is 5.01. The molecule has 5 aliphatic rings. The van der Waals surface area contributed by atoms with Gasteiger partial charge in [0.2, 0.25) is 5.91 Å². The molecule has 0 spiro atoms. The number of ether oxygens (including phenoxy) is 1. The number of nitrogens with zero attached hydrogens (tertiary/aromatic N) is 8. The summed E-state index contributed by atoms with van der Waals surface area (Å²) in [7, 11) is 0. The van der Waals surface area contributed by atoms with Crippen molar-refractivity contribution >= 4 is 52.6 Å². The first kappa shape index (κ1) is 39.2. The quantitative estimate of drug-likeness (QED) is 0.309. The molecule has 17 heteroatoms. The molecule has 3 aromatic rings. The zero-order valence-corrected chi connectivity index (χ0v) is 32.6. The predicted molar refractivity (Wildman–Crippen MR) is 209 cm³/mol. The lowest BCUT2D eigenvalue weighted by atomic mass is 9.89. The number of imide groups is 2. The number of halogens is 2. The maximum Gasteiger partial charge on any atom is 0.268 e. The number of hydrogen-bond acceptors (Lipinski definition) is 12. The second-order valence-electron chi connectivity index (χ2n) is 15.6. The molecule has 4 aliphatic heterocycles. The maximum absolute atomic E-state index is 15.7. The van der Waals surface area contributed by atoms with Gasteiger partial charge in [0.25, 0.3) is 23.6 Å². The zero-order chi connectivity index (χ0) is 40.7. The summed E-state index contributed by atoms with van der Waals surface area (Å²) < 4.78 is 21.8. The van der Waals surface area contributed by atoms with E-state index < -0.39 is 41.5 Å². The van der Waals surface area contributed by atoms with E-state index in [0.29, 0.717) is 79.9 Å². The monoisotopic (exact) mass is 811 g/mol. The number of carbonyl (C=O) groups is 5. The summed E-state index contributed by atoms with van der Waals surface area (Å²) in [5, 5.41) is 9.43. The van der Waals surface area contributed by atoms with Gasteiger partial charge in [-0.2, -0.15) is 5.26 Å². The molecular formula is C41H43ClFN9O6. The number of piperazine rings is 1. The number of piperidine rings is 2. The average molecular weight is 812 g/mol. The van der Waals surface area contributed by atoms with Crippen molar-refractivity contribution in [3.8, 4) is 11.8 Å². The third kappa shape index (κ3) is 7.68. The van der Waals surface area contributed by atoms with Crippen LogP contribution in [0.4, 0.5) is 15.9 Å². The van der Waals surface area contributed by atoms with Crippen LogP contribution in [0.5, 0.6) is 5.75 Å². The number of likely N-dealkylation sites (tertiary alicyclic amines) is 1. The minimum Gasteiger partial charge on any atom is -0.490 e. The number of primary amides is 1. The molecule has 58 heavy (non-hydrogen) atoms. The second-order valence-corrected chi connectivity index (χ2v) is 16.0. The number of rotatable bonds is 9. The molecule has 0 radical (unpaired) electrons. The summed E-state index contributed by atoms with van der Waals surface area (Å²) in [5.74, 6) is -1.83. The first-order chi connectivity index (χ1) is 28.0. The van der Waals surface area contributed by atoms with Crippen molar-refractivity contribution < 1.29 is 33.1 Å². The van der Waals surface area contributed by atoms with E-state index in [1.165, 1.54) is 17.2 Å². The molecule has 5 heterocycles. The van der Waals surface area contributed by atoms with Crippen molar-refractivity contribution in [2.24, 2.45) is 11.7 Å². The van der Waals surface area contributed by atoms with E-state index in [2.05, 4.69) is 19.8 Å². The fraction of sp³-hybridized carbons (Fsp3) is 0.463. The summed E-state index contributed by atoms with van der Waals surface area (Å²) in [6.07, 6.45) is 6.79. The lowest BCUT2D eigenvalue weighted by Gasteiger charge is -2.41. The molecule has 1 atom stereocenters. The standard InChI is InChI=1S/C41H43ClFN9O6/c42-31-17-28(4-1-25(31)20-44)58-27-5-2-26(3-6-27)51-37(53)8-7-34(41(51)57)52-39(55)29-18-32(43)35(19-30(29)40(52)56)49-15-13-48(14-16-49)23-24-9-11-50(12-10-24)36-22-46-33(21-47-36)38(45)54/h1,4,17-19,21-22,24,26-27,34H,2-3,5-16,23H2,(H2,45,54). The van der Waals surface area contributed by atoms with Crippen LogP contribution in [0.25, 0.3) is 0 Å². The number of carbonyl (C=O) groups excluding carboxylic acids is 5. The fourth-order valence-corrected chi connectivity index (χ4v) is 9.18. The molecule has 302 valence electrons. The van der Waals surface area contributed by atoms with Crippen molar-refractivity contribution in [2.45, 2.75) is 69.6 Å². The molecule has 1 aliphatic carbocycles. The Morgan fingerprint density at radius 2 is 1.57 bits per heavy atom. The van der Waals surface area contributed by atoms with Gasteiger partial charge in [-0.25, -0.2) is 14.4 Å². The Morgan fingerprint density at radius 3 is 2.21 bits per heavy atom. The van der Waals surface area contributed by atoms with Crippen LogP contribution in [-0.2, 0) is 9.59 Å². The highest BCUT2D eigenvalue weighted by Gasteiger charge is 2.49. The van der Waals surface area contributed by atoms with Crippen LogP contribution >= 0.6 is 11.6 Å². The largest absolute Gasteiger partial charge is 0.490 e. The maximum atomic E-state index is 15.7. The SMILES string of the molecule is N#Cc1ccc(OC2CCC(N3C(=O)CCC(N4C(=O)c5cc(F)c(N6CCN(CC7CCN(c8cnc(C(N)=O)cn8)CC7)CC6)cc5C4=O)C3=O)CC2)cc1Cl. The lowest BCUT2D eigenvalue weighted by molar-refractivity contribution is -0.155. The molecule has 0 bridgehead atoms. The molecule has 8 rings (SSSR count). The van der Waals surface area contributed by atoms with Crippen LogP contribution in [0.15, 0.2) is 42.7 Å². The Labute approximate surface area is 339 Å². The van der Waals surface area contributed by atoms with E-state index in [1.807, 2.05) is 11.0 Å². The molecule has 4 fully saturated rings. The number of fused-ring (bicyclic) bond motifs is 1. The first-order valence-electron chi connectivity index (χ1n) is 19.8. The second kappa shape index (κ2) is 16.3. The molecule has 1 unspecified atom stereocenters. The Balaban J connectivity index is 0.854. The summed E-state index contributed by atoms with van der Waals surface area (Å²) in [5.41, 5.74) is 5.97. The van der Waals surface area contributed by atoms with Crippen LogP contribution in [0.2, 0.25) is 5.02 Å². The summed E-state index contributed by atoms with van der Waals surface area (Å²) in [4.78, 5) is 83.1. The Bertz CT molecular complexity index is 2180. The van der Waals surface area contributed by atoms with Gasteiger partial charge in [-0.15, -0.1) is 0 Å². The molecular weight excluding hydrogens is 769 g/mol. The van der Waals surface area contributed by atoms with Gasteiger partial charge in [-0.1, -0.05) is 11.6 Å². The average Bonchev–Trinajstić information content (AvgIpc) is 3.46. The molecule has 1 saturated carbocycles. The fourth-order valence-electron chi connectivity index (χ4n) is 8.97. The van der Waals surface area contributed by atoms with E-state index in [1.54, 1.807) is 24.4 Å². The van der Waals surface area contributed by atoms with Crippen molar-refractivity contribution in [3.05, 3.63) is 75.9 Å².